The Kier molecular flexibility index (Phi) is 4.51. The lowest BCUT2D eigenvalue weighted by Gasteiger charge is -2.28. The highest BCUT2D eigenvalue weighted by molar-refractivity contribution is 5.83. The van der Waals surface area contributed by atoms with Crippen LogP contribution < -0.4 is 5.56 Å². The molecule has 0 unspecified atom stereocenters. The fraction of sp³-hybridized carbons (Fsp3) is 0.455. The maximum absolute atomic E-state index is 13.6. The molecule has 0 atom stereocenters. The number of hydrogen-bond acceptors (Lipinski definition) is 3. The number of nitrogens with one attached hydrogen (secondary N) is 2. The van der Waals surface area contributed by atoms with Gasteiger partial charge < -0.3 is 9.97 Å². The molecule has 28 heavy (non-hydrogen) atoms. The topological polar surface area (TPSA) is 64.8 Å². The van der Waals surface area contributed by atoms with E-state index in [-0.39, 0.29) is 11.4 Å². The highest BCUT2D eigenvalue weighted by atomic mass is 19.1. The zero-order valence-corrected chi connectivity index (χ0v) is 15.9. The Morgan fingerprint density at radius 1 is 1.21 bits per heavy atom. The molecule has 0 radical (unpaired) electrons. The number of H-pyrrole nitrogens is 2. The van der Waals surface area contributed by atoms with Crippen molar-refractivity contribution < 1.29 is 4.39 Å². The first-order chi connectivity index (χ1) is 13.7. The van der Waals surface area contributed by atoms with Gasteiger partial charge in [0.2, 0.25) is 0 Å². The van der Waals surface area contributed by atoms with Crippen LogP contribution in [0.25, 0.3) is 10.9 Å². The van der Waals surface area contributed by atoms with Gasteiger partial charge >= 0.3 is 0 Å². The van der Waals surface area contributed by atoms with E-state index < -0.39 is 0 Å². The summed E-state index contributed by atoms with van der Waals surface area (Å²) in [6, 6.07) is 4.81. The van der Waals surface area contributed by atoms with Crippen molar-refractivity contribution in [2.24, 2.45) is 0 Å². The molecule has 1 fully saturated rings. The van der Waals surface area contributed by atoms with Gasteiger partial charge in [-0.15, -0.1) is 0 Å². The monoisotopic (exact) mass is 380 g/mol. The van der Waals surface area contributed by atoms with Crippen LogP contribution in [0.4, 0.5) is 4.39 Å². The summed E-state index contributed by atoms with van der Waals surface area (Å²) in [6.07, 6.45) is 8.73. The van der Waals surface area contributed by atoms with Gasteiger partial charge in [-0.1, -0.05) is 19.3 Å². The molecular weight excluding hydrogens is 355 g/mol. The minimum absolute atomic E-state index is 0.0141. The van der Waals surface area contributed by atoms with Crippen LogP contribution in [-0.2, 0) is 19.5 Å². The second-order valence-electron chi connectivity index (χ2n) is 8.18. The molecule has 0 amide bonds. The largest absolute Gasteiger partial charge is 0.361 e. The molecule has 5 nitrogen and oxygen atoms in total. The predicted molar refractivity (Wildman–Crippen MR) is 107 cm³/mol. The number of nitrogens with zero attached hydrogens (tertiary/aromatic N) is 2. The lowest BCUT2D eigenvalue weighted by atomic mass is 9.88. The van der Waals surface area contributed by atoms with Crippen molar-refractivity contribution in [3.05, 3.63) is 63.2 Å². The molecule has 2 N–H and O–H groups in total. The molecule has 0 bridgehead atoms. The zero-order chi connectivity index (χ0) is 19.1. The number of benzene rings is 1. The first-order valence-electron chi connectivity index (χ1n) is 10.3. The third-order valence-electron chi connectivity index (χ3n) is 6.28. The Bertz CT molecular complexity index is 1060. The van der Waals surface area contributed by atoms with Crippen LogP contribution in [0.5, 0.6) is 0 Å². The summed E-state index contributed by atoms with van der Waals surface area (Å²) >= 11 is 0. The summed E-state index contributed by atoms with van der Waals surface area (Å²) in [5.41, 5.74) is 3.76. The summed E-state index contributed by atoms with van der Waals surface area (Å²) in [5.74, 6) is 1.07. The van der Waals surface area contributed by atoms with Crippen LogP contribution in [-0.4, -0.2) is 26.4 Å². The van der Waals surface area contributed by atoms with E-state index in [0.29, 0.717) is 19.0 Å². The van der Waals surface area contributed by atoms with Crippen LogP contribution in [0.3, 0.4) is 0 Å². The average Bonchev–Trinajstić information content (AvgIpc) is 3.11. The van der Waals surface area contributed by atoms with Crippen molar-refractivity contribution in [1.82, 2.24) is 19.9 Å². The van der Waals surface area contributed by atoms with Crippen LogP contribution in [0.15, 0.2) is 29.2 Å². The van der Waals surface area contributed by atoms with Crippen molar-refractivity contribution in [3.8, 4) is 0 Å². The van der Waals surface area contributed by atoms with Gasteiger partial charge in [-0.25, -0.2) is 9.37 Å². The Morgan fingerprint density at radius 2 is 2.07 bits per heavy atom. The van der Waals surface area contributed by atoms with Crippen LogP contribution in [0.2, 0.25) is 0 Å². The molecule has 1 aliphatic carbocycles. The maximum atomic E-state index is 13.6. The third kappa shape index (κ3) is 3.26. The molecule has 3 heterocycles. The molecule has 1 aliphatic heterocycles. The lowest BCUT2D eigenvalue weighted by Crippen LogP contribution is -2.36. The minimum atomic E-state index is -0.228. The highest BCUT2D eigenvalue weighted by Crippen LogP contribution is 2.31. The normalized spacial score (nSPS) is 18.5. The zero-order valence-electron chi connectivity index (χ0n) is 15.9. The summed E-state index contributed by atoms with van der Waals surface area (Å²) in [6.45, 7) is 2.13. The van der Waals surface area contributed by atoms with Crippen molar-refractivity contribution in [1.29, 1.82) is 0 Å². The molecule has 5 rings (SSSR count). The molecule has 3 aromatic rings. The smallest absolute Gasteiger partial charge is 0.255 e. The quantitative estimate of drug-likeness (QED) is 0.722. The SMILES string of the molecule is O=c1[nH]c(C2CCCCC2)nc2c1CN(Cc1c[nH]c3ccc(F)cc13)CC2. The van der Waals surface area contributed by atoms with Gasteiger partial charge in [-0.05, 0) is 36.6 Å². The molecule has 0 saturated heterocycles. The lowest BCUT2D eigenvalue weighted by molar-refractivity contribution is 0.242. The minimum Gasteiger partial charge on any atom is -0.361 e. The fourth-order valence-corrected chi connectivity index (χ4v) is 4.73. The molecule has 0 spiro atoms. The van der Waals surface area contributed by atoms with Crippen molar-refractivity contribution >= 4 is 10.9 Å². The molecular formula is C22H25FN4O. The van der Waals surface area contributed by atoms with Crippen molar-refractivity contribution in [3.63, 3.8) is 0 Å². The van der Waals surface area contributed by atoms with Gasteiger partial charge in [0.1, 0.15) is 11.6 Å². The van der Waals surface area contributed by atoms with Gasteiger partial charge in [-0.3, -0.25) is 9.69 Å². The third-order valence-corrected chi connectivity index (χ3v) is 6.28. The van der Waals surface area contributed by atoms with Gasteiger partial charge in [0.25, 0.3) is 5.56 Å². The van der Waals surface area contributed by atoms with Gasteiger partial charge in [-0.2, -0.15) is 0 Å². The maximum Gasteiger partial charge on any atom is 0.255 e. The van der Waals surface area contributed by atoms with E-state index in [0.717, 1.165) is 59.4 Å². The molecule has 1 saturated carbocycles. The van der Waals surface area contributed by atoms with E-state index in [1.165, 1.54) is 25.3 Å². The molecule has 2 aromatic heterocycles. The first kappa shape index (κ1) is 17.6. The first-order valence-corrected chi connectivity index (χ1v) is 10.3. The average molecular weight is 380 g/mol. The highest BCUT2D eigenvalue weighted by Gasteiger charge is 2.25. The second-order valence-corrected chi connectivity index (χ2v) is 8.18. The number of rotatable bonds is 3. The van der Waals surface area contributed by atoms with E-state index >= 15 is 0 Å². The van der Waals surface area contributed by atoms with Crippen LogP contribution in [0.1, 0.15) is 60.7 Å². The van der Waals surface area contributed by atoms with E-state index in [1.54, 1.807) is 12.1 Å². The fourth-order valence-electron chi connectivity index (χ4n) is 4.73. The summed E-state index contributed by atoms with van der Waals surface area (Å²) < 4.78 is 13.6. The van der Waals surface area contributed by atoms with E-state index in [2.05, 4.69) is 14.9 Å². The Labute approximate surface area is 163 Å². The summed E-state index contributed by atoms with van der Waals surface area (Å²) in [7, 11) is 0. The molecule has 2 aliphatic rings. The van der Waals surface area contributed by atoms with Gasteiger partial charge in [0.15, 0.2) is 0 Å². The number of hydrogen-bond donors (Lipinski definition) is 2. The van der Waals surface area contributed by atoms with Crippen LogP contribution >= 0.6 is 0 Å². The Hall–Kier alpha value is -2.47. The van der Waals surface area contributed by atoms with Crippen LogP contribution in [0, 0.1) is 5.82 Å². The number of fused-ring (bicyclic) bond motifs is 2. The second kappa shape index (κ2) is 7.17. The Balaban J connectivity index is 1.37. The van der Waals surface area contributed by atoms with Crippen molar-refractivity contribution in [2.75, 3.05) is 6.54 Å². The molecule has 1 aromatic carbocycles. The van der Waals surface area contributed by atoms with Gasteiger partial charge in [0.05, 0.1) is 11.3 Å². The van der Waals surface area contributed by atoms with E-state index in [1.807, 2.05) is 6.20 Å². The van der Waals surface area contributed by atoms with E-state index in [9.17, 15) is 9.18 Å². The number of aromatic nitrogens is 3. The summed E-state index contributed by atoms with van der Waals surface area (Å²) in [5, 5.41) is 0.908. The summed E-state index contributed by atoms with van der Waals surface area (Å²) in [4.78, 5) is 26.1. The Morgan fingerprint density at radius 3 is 2.93 bits per heavy atom. The van der Waals surface area contributed by atoms with E-state index in [4.69, 9.17) is 4.98 Å². The van der Waals surface area contributed by atoms with Crippen molar-refractivity contribution in [2.45, 2.75) is 57.5 Å². The molecule has 6 heteroatoms. The number of halogens is 1. The molecule has 146 valence electrons. The van der Waals surface area contributed by atoms with Gasteiger partial charge in [0, 0.05) is 49.1 Å². The number of aromatic amines is 2. The standard InChI is InChI=1S/C22H25FN4O/c23-16-6-7-19-17(10-16)15(11-24-19)12-27-9-8-20-18(13-27)22(28)26-21(25-20)14-4-2-1-3-5-14/h6-7,10-11,14,24H,1-5,8-9,12-13H2,(H,25,26,28). The predicted octanol–water partition coefficient (Wildman–Crippen LogP) is 4.00.